The number of aromatic nitrogens is 2. The quantitative estimate of drug-likeness (QED) is 0.856. The van der Waals surface area contributed by atoms with E-state index in [4.69, 9.17) is 5.73 Å². The van der Waals surface area contributed by atoms with E-state index in [-0.39, 0.29) is 23.8 Å². The average Bonchev–Trinajstić information content (AvgIpc) is 3.14. The monoisotopic (exact) mass is 347 g/mol. The van der Waals surface area contributed by atoms with Crippen LogP contribution in [0.1, 0.15) is 39.0 Å². The highest BCUT2D eigenvalue weighted by Gasteiger charge is 2.35. The fourth-order valence-corrected chi connectivity index (χ4v) is 4.17. The zero-order valence-corrected chi connectivity index (χ0v) is 15.0. The molecular formula is C18H29N5O2. The van der Waals surface area contributed by atoms with Crippen molar-refractivity contribution in [2.45, 2.75) is 57.7 Å². The molecule has 2 aliphatic heterocycles. The molecule has 0 aromatic carbocycles. The molecule has 0 radical (unpaired) electrons. The van der Waals surface area contributed by atoms with Gasteiger partial charge in [-0.1, -0.05) is 6.42 Å². The van der Waals surface area contributed by atoms with Gasteiger partial charge >= 0.3 is 0 Å². The molecule has 1 aromatic rings. The van der Waals surface area contributed by atoms with E-state index >= 15 is 0 Å². The molecule has 138 valence electrons. The third-order valence-corrected chi connectivity index (χ3v) is 5.62. The van der Waals surface area contributed by atoms with Crippen LogP contribution in [0.25, 0.3) is 0 Å². The van der Waals surface area contributed by atoms with E-state index in [2.05, 4.69) is 10.00 Å². The summed E-state index contributed by atoms with van der Waals surface area (Å²) >= 11 is 0. The van der Waals surface area contributed by atoms with Crippen LogP contribution in [0.15, 0.2) is 18.5 Å². The fraction of sp³-hybridized carbons (Fsp3) is 0.722. The number of hydrogen-bond acceptors (Lipinski definition) is 4. The van der Waals surface area contributed by atoms with Gasteiger partial charge in [-0.3, -0.25) is 19.2 Å². The third-order valence-electron chi connectivity index (χ3n) is 5.62. The number of rotatable bonds is 5. The van der Waals surface area contributed by atoms with Crippen molar-refractivity contribution in [3.63, 3.8) is 0 Å². The summed E-state index contributed by atoms with van der Waals surface area (Å²) in [7, 11) is 0. The Bertz CT molecular complexity index is 588. The topological polar surface area (TPSA) is 84.5 Å². The van der Waals surface area contributed by atoms with Gasteiger partial charge in [0, 0.05) is 31.5 Å². The maximum atomic E-state index is 13.0. The molecule has 2 amide bonds. The van der Waals surface area contributed by atoms with Gasteiger partial charge in [0.1, 0.15) is 0 Å². The van der Waals surface area contributed by atoms with Gasteiger partial charge in [-0.05, 0) is 45.2 Å². The van der Waals surface area contributed by atoms with Crippen LogP contribution in [0.4, 0.5) is 0 Å². The number of carbonyl (C=O) groups excluding carboxylic acids is 2. The molecule has 0 aliphatic carbocycles. The molecule has 2 fully saturated rings. The van der Waals surface area contributed by atoms with Crippen molar-refractivity contribution in [1.29, 1.82) is 0 Å². The van der Waals surface area contributed by atoms with E-state index in [0.29, 0.717) is 12.6 Å². The molecule has 3 heterocycles. The minimum Gasteiger partial charge on any atom is -0.369 e. The average molecular weight is 347 g/mol. The first-order chi connectivity index (χ1) is 12.1. The van der Waals surface area contributed by atoms with Crippen LogP contribution in [0.3, 0.4) is 0 Å². The van der Waals surface area contributed by atoms with Gasteiger partial charge in [-0.15, -0.1) is 0 Å². The zero-order chi connectivity index (χ0) is 17.8. The summed E-state index contributed by atoms with van der Waals surface area (Å²) in [5.74, 6) is -0.371. The largest absolute Gasteiger partial charge is 0.369 e. The lowest BCUT2D eigenvalue weighted by Gasteiger charge is -2.42. The lowest BCUT2D eigenvalue weighted by atomic mass is 9.96. The summed E-state index contributed by atoms with van der Waals surface area (Å²) in [4.78, 5) is 28.7. The van der Waals surface area contributed by atoms with Crippen molar-refractivity contribution in [2.75, 3.05) is 19.6 Å². The molecule has 1 aromatic heterocycles. The van der Waals surface area contributed by atoms with E-state index in [0.717, 1.165) is 45.3 Å². The van der Waals surface area contributed by atoms with Crippen molar-refractivity contribution in [3.05, 3.63) is 18.5 Å². The smallest absolute Gasteiger partial charge is 0.239 e. The highest BCUT2D eigenvalue weighted by molar-refractivity contribution is 5.83. The number of nitrogens with zero attached hydrogens (tertiary/aromatic N) is 4. The molecule has 7 heteroatoms. The first-order valence-corrected chi connectivity index (χ1v) is 9.37. The van der Waals surface area contributed by atoms with E-state index in [1.165, 1.54) is 6.42 Å². The summed E-state index contributed by atoms with van der Waals surface area (Å²) in [6.07, 6.45) is 8.80. The molecule has 3 atom stereocenters. The van der Waals surface area contributed by atoms with Gasteiger partial charge in [0.25, 0.3) is 0 Å². The lowest BCUT2D eigenvalue weighted by Crippen LogP contribution is -2.55. The highest BCUT2D eigenvalue weighted by Crippen LogP contribution is 2.24. The lowest BCUT2D eigenvalue weighted by molar-refractivity contribution is -0.141. The molecule has 2 N–H and O–H groups in total. The Morgan fingerprint density at radius 1 is 1.24 bits per heavy atom. The summed E-state index contributed by atoms with van der Waals surface area (Å²) in [6, 6.07) is 2.08. The summed E-state index contributed by atoms with van der Waals surface area (Å²) in [5, 5.41) is 4.31. The summed E-state index contributed by atoms with van der Waals surface area (Å²) in [6.45, 7) is 4.94. The Balaban J connectivity index is 1.65. The highest BCUT2D eigenvalue weighted by atomic mass is 16.2. The van der Waals surface area contributed by atoms with Crippen LogP contribution < -0.4 is 5.73 Å². The molecule has 0 bridgehead atoms. The van der Waals surface area contributed by atoms with Crippen LogP contribution in [-0.4, -0.2) is 63.1 Å². The molecule has 0 unspecified atom stereocenters. The Labute approximate surface area is 149 Å². The molecule has 2 aliphatic rings. The first-order valence-electron chi connectivity index (χ1n) is 9.37. The molecule has 2 saturated heterocycles. The normalized spacial score (nSPS) is 26.4. The third kappa shape index (κ3) is 4.21. The van der Waals surface area contributed by atoms with Gasteiger partial charge in [0.05, 0.1) is 18.5 Å². The maximum absolute atomic E-state index is 13.0. The number of amides is 2. The second-order valence-electron chi connectivity index (χ2n) is 7.32. The molecular weight excluding hydrogens is 318 g/mol. The van der Waals surface area contributed by atoms with Gasteiger partial charge in [0.15, 0.2) is 0 Å². The molecule has 0 saturated carbocycles. The van der Waals surface area contributed by atoms with Gasteiger partial charge in [-0.2, -0.15) is 5.10 Å². The van der Waals surface area contributed by atoms with Crippen molar-refractivity contribution in [1.82, 2.24) is 19.6 Å². The Kier molecular flexibility index (Phi) is 5.73. The number of nitrogens with two attached hydrogens (primary N) is 1. The molecule has 25 heavy (non-hydrogen) atoms. The Morgan fingerprint density at radius 2 is 2.08 bits per heavy atom. The van der Waals surface area contributed by atoms with Gasteiger partial charge in [0.2, 0.25) is 11.8 Å². The minimum atomic E-state index is -0.292. The summed E-state index contributed by atoms with van der Waals surface area (Å²) in [5.41, 5.74) is 5.45. The zero-order valence-electron chi connectivity index (χ0n) is 15.0. The Hall–Kier alpha value is -1.89. The van der Waals surface area contributed by atoms with E-state index < -0.39 is 0 Å². The van der Waals surface area contributed by atoms with Crippen LogP contribution in [0, 0.1) is 5.92 Å². The van der Waals surface area contributed by atoms with Crippen molar-refractivity contribution in [2.24, 2.45) is 11.7 Å². The SMILES string of the molecule is C[C@H](C(=O)N1CCC[C@H](C(N)=O)C1)N1CCCC[C@H]1Cn1cccn1. The number of primary amides is 1. The maximum Gasteiger partial charge on any atom is 0.239 e. The standard InChI is InChI=1S/C18H29N5O2/c1-14(18(25)21-9-4-6-15(12-21)17(19)24)23-11-3-2-7-16(23)13-22-10-5-8-20-22/h5,8,10,14-16H,2-4,6-7,9,11-13H2,1H3,(H2,19,24)/t14-,15+,16+/m1/s1. The van der Waals surface area contributed by atoms with Crippen LogP contribution >= 0.6 is 0 Å². The van der Waals surface area contributed by atoms with Crippen molar-refractivity contribution >= 4 is 11.8 Å². The second kappa shape index (κ2) is 7.99. The van der Waals surface area contributed by atoms with Gasteiger partial charge in [-0.25, -0.2) is 0 Å². The van der Waals surface area contributed by atoms with E-state index in [1.54, 1.807) is 6.20 Å². The van der Waals surface area contributed by atoms with Crippen LogP contribution in [0.5, 0.6) is 0 Å². The predicted molar refractivity (Wildman–Crippen MR) is 94.5 cm³/mol. The number of likely N-dealkylation sites (tertiary alicyclic amines) is 2. The van der Waals surface area contributed by atoms with E-state index in [9.17, 15) is 9.59 Å². The first kappa shape index (κ1) is 17.9. The molecule has 7 nitrogen and oxygen atoms in total. The van der Waals surface area contributed by atoms with E-state index in [1.807, 2.05) is 28.8 Å². The molecule has 3 rings (SSSR count). The Morgan fingerprint density at radius 3 is 2.80 bits per heavy atom. The van der Waals surface area contributed by atoms with Crippen molar-refractivity contribution in [3.8, 4) is 0 Å². The van der Waals surface area contributed by atoms with Gasteiger partial charge < -0.3 is 10.6 Å². The van der Waals surface area contributed by atoms with Crippen molar-refractivity contribution < 1.29 is 9.59 Å². The van der Waals surface area contributed by atoms with Crippen LogP contribution in [0.2, 0.25) is 0 Å². The second-order valence-corrected chi connectivity index (χ2v) is 7.32. The molecule has 0 spiro atoms. The fourth-order valence-electron chi connectivity index (χ4n) is 4.17. The minimum absolute atomic E-state index is 0.123. The van der Waals surface area contributed by atoms with Crippen LogP contribution in [-0.2, 0) is 16.1 Å². The number of piperidine rings is 2. The summed E-state index contributed by atoms with van der Waals surface area (Å²) < 4.78 is 1.95. The predicted octanol–water partition coefficient (Wildman–Crippen LogP) is 0.850. The number of carbonyl (C=O) groups is 2. The number of hydrogen-bond donors (Lipinski definition) is 1.